The molecular formula is C23H22BrClFNO2. The van der Waals surface area contributed by atoms with Gasteiger partial charge in [0, 0.05) is 16.0 Å². The molecule has 0 saturated carbocycles. The normalized spacial score (nSPS) is 10.8. The second-order valence-electron chi connectivity index (χ2n) is 6.56. The zero-order valence-corrected chi connectivity index (χ0v) is 18.4. The van der Waals surface area contributed by atoms with Crippen LogP contribution in [0.3, 0.4) is 0 Å². The van der Waals surface area contributed by atoms with Crippen molar-refractivity contribution in [2.24, 2.45) is 0 Å². The molecule has 0 amide bonds. The fourth-order valence-electron chi connectivity index (χ4n) is 2.83. The van der Waals surface area contributed by atoms with E-state index in [1.165, 1.54) is 17.7 Å². The predicted molar refractivity (Wildman–Crippen MR) is 118 cm³/mol. The van der Waals surface area contributed by atoms with Crippen molar-refractivity contribution in [2.45, 2.75) is 19.6 Å². The summed E-state index contributed by atoms with van der Waals surface area (Å²) in [5.41, 5.74) is 3.20. The van der Waals surface area contributed by atoms with E-state index < -0.39 is 0 Å². The summed E-state index contributed by atoms with van der Waals surface area (Å²) in [6.45, 7) is 1.88. The molecule has 0 aliphatic carbocycles. The fourth-order valence-corrected chi connectivity index (χ4v) is 3.42. The Morgan fingerprint density at radius 3 is 2.34 bits per heavy atom. The second kappa shape index (κ2) is 10.6. The quantitative estimate of drug-likeness (QED) is 0.374. The minimum Gasteiger partial charge on any atom is -0.493 e. The Balaban J connectivity index is 1.57. The van der Waals surface area contributed by atoms with Crippen LogP contribution in [0.25, 0.3) is 0 Å². The van der Waals surface area contributed by atoms with E-state index in [9.17, 15) is 4.39 Å². The van der Waals surface area contributed by atoms with E-state index in [0.29, 0.717) is 24.7 Å². The zero-order valence-electron chi connectivity index (χ0n) is 16.1. The highest BCUT2D eigenvalue weighted by Gasteiger charge is 2.11. The summed E-state index contributed by atoms with van der Waals surface area (Å²) < 4.78 is 25.3. The van der Waals surface area contributed by atoms with Crippen molar-refractivity contribution < 1.29 is 13.9 Å². The van der Waals surface area contributed by atoms with Crippen LogP contribution < -0.4 is 14.8 Å². The molecule has 0 radical (unpaired) electrons. The zero-order chi connectivity index (χ0) is 20.6. The van der Waals surface area contributed by atoms with E-state index in [0.717, 1.165) is 33.6 Å². The number of nitrogens with one attached hydrogen (secondary N) is 1. The third-order valence-corrected chi connectivity index (χ3v) is 5.45. The molecule has 3 aromatic carbocycles. The maximum Gasteiger partial charge on any atom is 0.162 e. The summed E-state index contributed by atoms with van der Waals surface area (Å²) in [6, 6.07) is 18.0. The van der Waals surface area contributed by atoms with Crippen LogP contribution in [0.1, 0.15) is 16.7 Å². The molecule has 1 N–H and O–H groups in total. The molecule has 0 heterocycles. The second-order valence-corrected chi connectivity index (χ2v) is 7.85. The molecule has 0 bridgehead atoms. The standard InChI is InChI=1S/C23H22BrClFNO2/c1-28-22-12-18(14-27-11-10-16-2-6-19(25)7-3-16)21(24)13-23(22)29-15-17-4-8-20(26)9-5-17/h2-9,12-13,27H,10-11,14-15H2,1H3. The van der Waals surface area contributed by atoms with Crippen LogP contribution >= 0.6 is 27.5 Å². The number of benzene rings is 3. The molecule has 6 heteroatoms. The Morgan fingerprint density at radius 2 is 1.66 bits per heavy atom. The van der Waals surface area contributed by atoms with Crippen LogP contribution in [0.15, 0.2) is 65.1 Å². The summed E-state index contributed by atoms with van der Waals surface area (Å²) in [5, 5.41) is 4.19. The summed E-state index contributed by atoms with van der Waals surface area (Å²) in [5.74, 6) is 1.03. The molecule has 3 nitrogen and oxygen atoms in total. The molecule has 0 aliphatic heterocycles. The van der Waals surface area contributed by atoms with Crippen molar-refractivity contribution in [3.63, 3.8) is 0 Å². The predicted octanol–water partition coefficient (Wildman–Crippen LogP) is 6.16. The Morgan fingerprint density at radius 1 is 0.966 bits per heavy atom. The third kappa shape index (κ3) is 6.46. The lowest BCUT2D eigenvalue weighted by Gasteiger charge is -2.14. The van der Waals surface area contributed by atoms with Gasteiger partial charge in [-0.1, -0.05) is 51.8 Å². The van der Waals surface area contributed by atoms with E-state index in [-0.39, 0.29) is 5.82 Å². The van der Waals surface area contributed by atoms with Crippen LogP contribution in [-0.2, 0) is 19.6 Å². The molecule has 0 unspecified atom stereocenters. The number of rotatable bonds is 9. The molecule has 0 aliphatic rings. The van der Waals surface area contributed by atoms with Gasteiger partial charge in [0.15, 0.2) is 11.5 Å². The molecular weight excluding hydrogens is 457 g/mol. The highest BCUT2D eigenvalue weighted by Crippen LogP contribution is 2.34. The lowest BCUT2D eigenvalue weighted by atomic mass is 10.1. The highest BCUT2D eigenvalue weighted by molar-refractivity contribution is 9.10. The first-order valence-corrected chi connectivity index (χ1v) is 10.4. The molecule has 0 saturated heterocycles. The third-order valence-electron chi connectivity index (χ3n) is 4.46. The van der Waals surface area contributed by atoms with Crippen LogP contribution in [0.4, 0.5) is 4.39 Å². The molecule has 0 fully saturated rings. The maximum absolute atomic E-state index is 13.0. The Kier molecular flexibility index (Phi) is 7.92. The van der Waals surface area contributed by atoms with Crippen molar-refractivity contribution in [2.75, 3.05) is 13.7 Å². The molecule has 29 heavy (non-hydrogen) atoms. The van der Waals surface area contributed by atoms with Gasteiger partial charge in [-0.3, -0.25) is 0 Å². The van der Waals surface area contributed by atoms with Crippen molar-refractivity contribution in [1.29, 1.82) is 0 Å². The van der Waals surface area contributed by atoms with Gasteiger partial charge in [0.25, 0.3) is 0 Å². The van der Waals surface area contributed by atoms with Gasteiger partial charge < -0.3 is 14.8 Å². The van der Waals surface area contributed by atoms with Crippen LogP contribution in [0.2, 0.25) is 5.02 Å². The van der Waals surface area contributed by atoms with E-state index in [4.69, 9.17) is 21.1 Å². The molecule has 0 atom stereocenters. The Bertz CT molecular complexity index is 933. The van der Waals surface area contributed by atoms with E-state index >= 15 is 0 Å². The lowest BCUT2D eigenvalue weighted by Crippen LogP contribution is -2.17. The Hall–Kier alpha value is -2.08. The number of hydrogen-bond acceptors (Lipinski definition) is 3. The van der Waals surface area contributed by atoms with Crippen LogP contribution in [0, 0.1) is 5.82 Å². The minimum atomic E-state index is -0.262. The SMILES string of the molecule is COc1cc(CNCCc2ccc(Cl)cc2)c(Br)cc1OCc1ccc(F)cc1. The summed E-state index contributed by atoms with van der Waals surface area (Å²) in [4.78, 5) is 0. The number of hydrogen-bond donors (Lipinski definition) is 1. The molecule has 0 aromatic heterocycles. The van der Waals surface area contributed by atoms with Crippen molar-refractivity contribution >= 4 is 27.5 Å². The van der Waals surface area contributed by atoms with Gasteiger partial charge in [-0.05, 0) is 66.1 Å². The summed E-state index contributed by atoms with van der Waals surface area (Å²) in [7, 11) is 1.62. The number of methoxy groups -OCH3 is 1. The Labute approximate surface area is 183 Å². The van der Waals surface area contributed by atoms with Crippen molar-refractivity contribution in [3.05, 3.63) is 92.7 Å². The van der Waals surface area contributed by atoms with Gasteiger partial charge in [-0.2, -0.15) is 0 Å². The topological polar surface area (TPSA) is 30.5 Å². The lowest BCUT2D eigenvalue weighted by molar-refractivity contribution is 0.284. The van der Waals surface area contributed by atoms with E-state index in [1.807, 2.05) is 36.4 Å². The van der Waals surface area contributed by atoms with Crippen molar-refractivity contribution in [3.8, 4) is 11.5 Å². The monoisotopic (exact) mass is 477 g/mol. The smallest absolute Gasteiger partial charge is 0.162 e. The maximum atomic E-state index is 13.0. The largest absolute Gasteiger partial charge is 0.493 e. The number of halogens is 3. The van der Waals surface area contributed by atoms with Gasteiger partial charge in [0.2, 0.25) is 0 Å². The first-order chi connectivity index (χ1) is 14.0. The minimum absolute atomic E-state index is 0.262. The van der Waals surface area contributed by atoms with Gasteiger partial charge in [0.05, 0.1) is 7.11 Å². The van der Waals surface area contributed by atoms with Crippen LogP contribution in [-0.4, -0.2) is 13.7 Å². The first-order valence-electron chi connectivity index (χ1n) is 9.24. The van der Waals surface area contributed by atoms with E-state index in [1.54, 1.807) is 19.2 Å². The molecule has 3 rings (SSSR count). The van der Waals surface area contributed by atoms with Gasteiger partial charge in [-0.25, -0.2) is 4.39 Å². The molecule has 0 spiro atoms. The van der Waals surface area contributed by atoms with Crippen molar-refractivity contribution in [1.82, 2.24) is 5.32 Å². The first kappa shape index (κ1) is 21.6. The average Bonchev–Trinajstić information content (AvgIpc) is 2.73. The van der Waals surface area contributed by atoms with Gasteiger partial charge in [-0.15, -0.1) is 0 Å². The number of ether oxygens (including phenoxy) is 2. The van der Waals surface area contributed by atoms with Crippen LogP contribution in [0.5, 0.6) is 11.5 Å². The van der Waals surface area contributed by atoms with E-state index in [2.05, 4.69) is 21.2 Å². The highest BCUT2D eigenvalue weighted by atomic mass is 79.9. The molecule has 3 aromatic rings. The average molecular weight is 479 g/mol. The summed E-state index contributed by atoms with van der Waals surface area (Å²) in [6.07, 6.45) is 0.921. The molecule has 152 valence electrons. The van der Waals surface area contributed by atoms with Gasteiger partial charge >= 0.3 is 0 Å². The fraction of sp³-hybridized carbons (Fsp3) is 0.217. The van der Waals surface area contributed by atoms with Gasteiger partial charge in [0.1, 0.15) is 12.4 Å². The summed E-state index contributed by atoms with van der Waals surface area (Å²) >= 11 is 9.53.